The molecule has 110 valence electrons. The molecule has 0 N–H and O–H groups in total. The van der Waals surface area contributed by atoms with Crippen molar-refractivity contribution in [1.82, 2.24) is 4.90 Å². The first kappa shape index (κ1) is 15.5. The number of hydrogen-bond donors (Lipinski definition) is 0. The molecule has 2 rings (SSSR count). The first-order valence-corrected chi connectivity index (χ1v) is 7.03. The second kappa shape index (κ2) is 7.21. The number of ketones is 1. The fraction of sp³-hybridized carbons (Fsp3) is 0.333. The van der Waals surface area contributed by atoms with Crippen LogP contribution in [-0.2, 0) is 9.53 Å². The predicted octanol–water partition coefficient (Wildman–Crippen LogP) is 2.20. The summed E-state index contributed by atoms with van der Waals surface area (Å²) in [5.74, 6) is -1.08. The van der Waals surface area contributed by atoms with Gasteiger partial charge in [0.2, 0.25) is 0 Å². The Labute approximate surface area is 127 Å². The second-order valence-electron chi connectivity index (χ2n) is 4.50. The molecule has 1 saturated heterocycles. The molecule has 1 fully saturated rings. The first-order valence-electron chi connectivity index (χ1n) is 6.49. The molecule has 0 aromatic heterocycles. The van der Waals surface area contributed by atoms with Gasteiger partial charge < -0.3 is 9.64 Å². The van der Waals surface area contributed by atoms with E-state index in [1.165, 1.54) is 12.1 Å². The molecule has 21 heavy (non-hydrogen) atoms. The van der Waals surface area contributed by atoms with E-state index in [-0.39, 0.29) is 17.3 Å². The van der Waals surface area contributed by atoms with Crippen LogP contribution in [0, 0.1) is 17.1 Å². The third-order valence-corrected chi connectivity index (χ3v) is 3.44. The third-order valence-electron chi connectivity index (χ3n) is 3.19. The minimum atomic E-state index is -0.440. The van der Waals surface area contributed by atoms with Crippen LogP contribution >= 0.6 is 11.6 Å². The number of halogens is 2. The van der Waals surface area contributed by atoms with Crippen molar-refractivity contribution >= 4 is 23.1 Å². The van der Waals surface area contributed by atoms with E-state index in [0.717, 1.165) is 0 Å². The fourth-order valence-electron chi connectivity index (χ4n) is 2.19. The van der Waals surface area contributed by atoms with Crippen molar-refractivity contribution < 1.29 is 13.9 Å². The number of benzene rings is 1. The highest BCUT2D eigenvalue weighted by Gasteiger charge is 2.23. The molecule has 1 aromatic rings. The summed E-state index contributed by atoms with van der Waals surface area (Å²) in [4.78, 5) is 13.8. The van der Waals surface area contributed by atoms with Crippen LogP contribution in [0.15, 0.2) is 29.8 Å². The molecule has 1 heterocycles. The summed E-state index contributed by atoms with van der Waals surface area (Å²) in [5.41, 5.74) is 1.11. The number of ether oxygens (including phenoxy) is 1. The maximum atomic E-state index is 13.1. The zero-order chi connectivity index (χ0) is 15.2. The SMILES string of the molecule is N#C/C(C(=O)CCl)=C(/c1ccc(F)cc1)N1CCOCC1. The number of carbonyl (C=O) groups is 1. The van der Waals surface area contributed by atoms with Gasteiger partial charge in [-0.15, -0.1) is 11.6 Å². The first-order chi connectivity index (χ1) is 10.2. The zero-order valence-electron chi connectivity index (χ0n) is 11.3. The molecule has 1 aliphatic rings. The van der Waals surface area contributed by atoms with Gasteiger partial charge in [-0.1, -0.05) is 0 Å². The number of nitriles is 1. The van der Waals surface area contributed by atoms with Gasteiger partial charge in [0.25, 0.3) is 0 Å². The topological polar surface area (TPSA) is 53.3 Å². The van der Waals surface area contributed by atoms with Gasteiger partial charge in [0.15, 0.2) is 5.78 Å². The lowest BCUT2D eigenvalue weighted by molar-refractivity contribution is -0.113. The highest BCUT2D eigenvalue weighted by molar-refractivity contribution is 6.32. The summed E-state index contributed by atoms with van der Waals surface area (Å²) in [6, 6.07) is 7.64. The van der Waals surface area contributed by atoms with E-state index in [1.807, 2.05) is 11.0 Å². The van der Waals surface area contributed by atoms with Gasteiger partial charge in [0, 0.05) is 13.1 Å². The van der Waals surface area contributed by atoms with Crippen molar-refractivity contribution in [3.8, 4) is 6.07 Å². The average molecular weight is 309 g/mol. The van der Waals surface area contributed by atoms with Gasteiger partial charge in [-0.25, -0.2) is 4.39 Å². The molecular formula is C15H14ClFN2O2. The number of Topliss-reactive ketones (excluding diaryl/α,β-unsaturated/α-hetero) is 1. The zero-order valence-corrected chi connectivity index (χ0v) is 12.1. The van der Waals surface area contributed by atoms with Gasteiger partial charge in [0.05, 0.1) is 24.8 Å². The minimum absolute atomic E-state index is 0.00138. The van der Waals surface area contributed by atoms with Crippen molar-refractivity contribution in [3.63, 3.8) is 0 Å². The number of carbonyl (C=O) groups excluding carboxylic acids is 1. The van der Waals surface area contributed by atoms with Crippen molar-refractivity contribution in [1.29, 1.82) is 5.26 Å². The molecule has 0 amide bonds. The summed E-state index contributed by atoms with van der Waals surface area (Å²) in [5, 5.41) is 9.33. The summed E-state index contributed by atoms with van der Waals surface area (Å²) >= 11 is 5.58. The highest BCUT2D eigenvalue weighted by atomic mass is 35.5. The largest absolute Gasteiger partial charge is 0.378 e. The van der Waals surface area contributed by atoms with E-state index >= 15 is 0 Å². The standard InChI is InChI=1S/C15H14ClFN2O2/c16-9-14(20)13(10-18)15(19-5-7-21-8-6-19)11-1-3-12(17)4-2-11/h1-4H,5-9H2/b15-13+. The number of rotatable bonds is 4. The van der Waals surface area contributed by atoms with E-state index < -0.39 is 5.78 Å². The lowest BCUT2D eigenvalue weighted by atomic mass is 10.0. The Bertz CT molecular complexity index is 587. The summed E-state index contributed by atoms with van der Waals surface area (Å²) in [7, 11) is 0. The van der Waals surface area contributed by atoms with Gasteiger partial charge in [-0.05, 0) is 29.8 Å². The molecule has 1 aromatic carbocycles. The van der Waals surface area contributed by atoms with Crippen molar-refractivity contribution in [2.75, 3.05) is 32.2 Å². The molecule has 0 atom stereocenters. The molecule has 0 unspecified atom stereocenters. The molecule has 1 aliphatic heterocycles. The number of allylic oxidation sites excluding steroid dienone is 1. The van der Waals surface area contributed by atoms with E-state index in [9.17, 15) is 14.4 Å². The van der Waals surface area contributed by atoms with E-state index in [4.69, 9.17) is 16.3 Å². The molecule has 6 heteroatoms. The van der Waals surface area contributed by atoms with E-state index in [1.54, 1.807) is 12.1 Å². The maximum absolute atomic E-state index is 13.1. The van der Waals surface area contributed by atoms with Crippen LogP contribution in [0.3, 0.4) is 0 Å². The lowest BCUT2D eigenvalue weighted by Crippen LogP contribution is -2.36. The minimum Gasteiger partial charge on any atom is -0.378 e. The van der Waals surface area contributed by atoms with Crippen LogP contribution in [-0.4, -0.2) is 42.9 Å². The number of nitrogens with zero attached hydrogens (tertiary/aromatic N) is 2. The molecule has 0 bridgehead atoms. The van der Waals surface area contributed by atoms with Crippen LogP contribution in [0.1, 0.15) is 5.56 Å². The average Bonchev–Trinajstić information content (AvgIpc) is 2.54. The second-order valence-corrected chi connectivity index (χ2v) is 4.77. The Hall–Kier alpha value is -1.90. The van der Waals surface area contributed by atoms with Gasteiger partial charge in [0.1, 0.15) is 17.5 Å². The van der Waals surface area contributed by atoms with Crippen LogP contribution in [0.5, 0.6) is 0 Å². The Balaban J connectivity index is 2.52. The van der Waals surface area contributed by atoms with Crippen molar-refractivity contribution in [2.45, 2.75) is 0 Å². The fourth-order valence-corrected chi connectivity index (χ4v) is 2.33. The van der Waals surface area contributed by atoms with Gasteiger partial charge in [-0.3, -0.25) is 4.79 Å². The van der Waals surface area contributed by atoms with E-state index in [0.29, 0.717) is 37.6 Å². The molecule has 0 radical (unpaired) electrons. The Kier molecular flexibility index (Phi) is 5.32. The van der Waals surface area contributed by atoms with Gasteiger partial charge >= 0.3 is 0 Å². The predicted molar refractivity (Wildman–Crippen MR) is 77.1 cm³/mol. The molecular weight excluding hydrogens is 295 g/mol. The quantitative estimate of drug-likeness (QED) is 0.486. The van der Waals surface area contributed by atoms with Gasteiger partial charge in [-0.2, -0.15) is 5.26 Å². The summed E-state index contributed by atoms with van der Waals surface area (Å²) in [6.45, 7) is 2.15. The smallest absolute Gasteiger partial charge is 0.190 e. The van der Waals surface area contributed by atoms with Crippen molar-refractivity contribution in [2.24, 2.45) is 0 Å². The summed E-state index contributed by atoms with van der Waals surface area (Å²) < 4.78 is 18.4. The van der Waals surface area contributed by atoms with Crippen molar-refractivity contribution in [3.05, 3.63) is 41.2 Å². The molecule has 0 saturated carbocycles. The molecule has 0 aliphatic carbocycles. The Morgan fingerprint density at radius 1 is 1.33 bits per heavy atom. The molecule has 0 spiro atoms. The highest BCUT2D eigenvalue weighted by Crippen LogP contribution is 2.25. The molecule has 4 nitrogen and oxygen atoms in total. The number of hydrogen-bond acceptors (Lipinski definition) is 4. The summed E-state index contributed by atoms with van der Waals surface area (Å²) in [6.07, 6.45) is 0. The monoisotopic (exact) mass is 308 g/mol. The van der Waals surface area contributed by atoms with Crippen LogP contribution in [0.25, 0.3) is 5.70 Å². The maximum Gasteiger partial charge on any atom is 0.190 e. The Morgan fingerprint density at radius 3 is 2.48 bits per heavy atom. The van der Waals surface area contributed by atoms with E-state index in [2.05, 4.69) is 0 Å². The number of morpholine rings is 1. The van der Waals surface area contributed by atoms with Crippen LogP contribution in [0.2, 0.25) is 0 Å². The Morgan fingerprint density at radius 2 is 1.95 bits per heavy atom. The van der Waals surface area contributed by atoms with Crippen LogP contribution < -0.4 is 0 Å². The lowest BCUT2D eigenvalue weighted by Gasteiger charge is -2.31. The number of alkyl halides is 1. The third kappa shape index (κ3) is 3.60. The van der Waals surface area contributed by atoms with Crippen LogP contribution in [0.4, 0.5) is 4.39 Å². The normalized spacial score (nSPS) is 16.1.